The molecule has 0 aliphatic rings. The molecule has 1 heterocycles. The zero-order valence-corrected chi connectivity index (χ0v) is 12.9. The van der Waals surface area contributed by atoms with Gasteiger partial charge in [-0.15, -0.1) is 0 Å². The maximum Gasteiger partial charge on any atom is 0.182 e. The van der Waals surface area contributed by atoms with Gasteiger partial charge in [-0.2, -0.15) is 5.26 Å². The first-order valence-electron chi connectivity index (χ1n) is 7.35. The highest BCUT2D eigenvalue weighted by Gasteiger charge is 2.03. The summed E-state index contributed by atoms with van der Waals surface area (Å²) in [6, 6.07) is 10.1. The Morgan fingerprint density at radius 1 is 1.18 bits per heavy atom. The summed E-state index contributed by atoms with van der Waals surface area (Å²) in [6.45, 7) is 5.67. The Kier molecular flexibility index (Phi) is 5.73. The third kappa shape index (κ3) is 4.74. The van der Waals surface area contributed by atoms with Gasteiger partial charge in [0.05, 0.1) is 6.61 Å². The fourth-order valence-electron chi connectivity index (χ4n) is 1.89. The van der Waals surface area contributed by atoms with E-state index in [4.69, 9.17) is 10.00 Å². The van der Waals surface area contributed by atoms with E-state index in [9.17, 15) is 0 Å². The van der Waals surface area contributed by atoms with Crippen LogP contribution in [0.3, 0.4) is 0 Å². The second kappa shape index (κ2) is 7.99. The molecule has 5 nitrogen and oxygen atoms in total. The molecule has 22 heavy (non-hydrogen) atoms. The van der Waals surface area contributed by atoms with Gasteiger partial charge < -0.3 is 10.1 Å². The number of anilines is 1. The van der Waals surface area contributed by atoms with Crippen LogP contribution in [-0.4, -0.2) is 23.1 Å². The van der Waals surface area contributed by atoms with Crippen molar-refractivity contribution in [3.8, 4) is 11.8 Å². The summed E-state index contributed by atoms with van der Waals surface area (Å²) >= 11 is 0. The number of nitrogens with one attached hydrogen (secondary N) is 1. The van der Waals surface area contributed by atoms with Crippen molar-refractivity contribution in [1.29, 1.82) is 5.26 Å². The zero-order chi connectivity index (χ0) is 15.8. The lowest BCUT2D eigenvalue weighted by Gasteiger charge is -2.10. The summed E-state index contributed by atoms with van der Waals surface area (Å²) in [6.07, 6.45) is 3.93. The Labute approximate surface area is 131 Å². The van der Waals surface area contributed by atoms with Crippen molar-refractivity contribution >= 4 is 5.82 Å². The van der Waals surface area contributed by atoms with Crippen molar-refractivity contribution in [2.45, 2.75) is 20.3 Å². The number of hydrogen-bond donors (Lipinski definition) is 1. The van der Waals surface area contributed by atoms with Gasteiger partial charge in [0.25, 0.3) is 0 Å². The van der Waals surface area contributed by atoms with Gasteiger partial charge in [0.2, 0.25) is 0 Å². The maximum absolute atomic E-state index is 8.95. The van der Waals surface area contributed by atoms with Crippen molar-refractivity contribution in [1.82, 2.24) is 9.97 Å². The predicted octanol–water partition coefficient (Wildman–Crippen LogP) is 3.04. The average Bonchev–Trinajstić information content (AvgIpc) is 2.54. The van der Waals surface area contributed by atoms with E-state index in [-0.39, 0.29) is 0 Å². The van der Waals surface area contributed by atoms with Gasteiger partial charge in [0.1, 0.15) is 11.8 Å². The smallest absolute Gasteiger partial charge is 0.182 e. The second-order valence-corrected chi connectivity index (χ2v) is 5.39. The van der Waals surface area contributed by atoms with Crippen LogP contribution < -0.4 is 10.1 Å². The van der Waals surface area contributed by atoms with Crippen molar-refractivity contribution in [2.24, 2.45) is 5.92 Å². The molecular formula is C17H20N4O. The minimum absolute atomic E-state index is 0.319. The molecule has 1 aromatic carbocycles. The van der Waals surface area contributed by atoms with Gasteiger partial charge in [0.15, 0.2) is 11.5 Å². The highest BCUT2D eigenvalue weighted by atomic mass is 16.5. The normalized spacial score (nSPS) is 10.3. The molecule has 1 aromatic heterocycles. The van der Waals surface area contributed by atoms with Crippen LogP contribution in [0.25, 0.3) is 0 Å². The van der Waals surface area contributed by atoms with Crippen LogP contribution in [0.5, 0.6) is 5.75 Å². The highest BCUT2D eigenvalue weighted by Crippen LogP contribution is 2.14. The first-order valence-corrected chi connectivity index (χ1v) is 7.35. The molecule has 114 valence electrons. The minimum atomic E-state index is 0.319. The van der Waals surface area contributed by atoms with Gasteiger partial charge in [0, 0.05) is 18.9 Å². The van der Waals surface area contributed by atoms with Crippen LogP contribution in [0.2, 0.25) is 0 Å². The summed E-state index contributed by atoms with van der Waals surface area (Å²) < 4.78 is 5.66. The number of nitrogens with zero attached hydrogens (tertiary/aromatic N) is 3. The zero-order valence-electron chi connectivity index (χ0n) is 12.9. The maximum atomic E-state index is 8.95. The molecule has 0 atom stereocenters. The molecule has 0 fully saturated rings. The van der Waals surface area contributed by atoms with E-state index in [1.807, 2.05) is 18.2 Å². The van der Waals surface area contributed by atoms with Crippen LogP contribution in [-0.2, 0) is 6.42 Å². The van der Waals surface area contributed by atoms with Gasteiger partial charge >= 0.3 is 0 Å². The number of nitriles is 1. The number of aromatic nitrogens is 2. The van der Waals surface area contributed by atoms with E-state index in [0.29, 0.717) is 24.0 Å². The predicted molar refractivity (Wildman–Crippen MR) is 85.7 cm³/mol. The minimum Gasteiger partial charge on any atom is -0.493 e. The van der Waals surface area contributed by atoms with E-state index in [1.54, 1.807) is 6.20 Å². The van der Waals surface area contributed by atoms with E-state index < -0.39 is 0 Å². The topological polar surface area (TPSA) is 70.8 Å². The molecule has 1 N–H and O–H groups in total. The molecule has 0 aliphatic heterocycles. The molecule has 0 unspecified atom stereocenters. The Hall–Kier alpha value is -2.61. The Balaban J connectivity index is 1.83. The first-order chi connectivity index (χ1) is 10.7. The fourth-order valence-corrected chi connectivity index (χ4v) is 1.89. The Morgan fingerprint density at radius 3 is 2.59 bits per heavy atom. The van der Waals surface area contributed by atoms with Crippen molar-refractivity contribution in [3.05, 3.63) is 47.9 Å². The molecule has 2 rings (SSSR count). The molecule has 0 saturated carbocycles. The molecule has 0 amide bonds. The van der Waals surface area contributed by atoms with E-state index in [1.165, 1.54) is 11.8 Å². The Morgan fingerprint density at radius 2 is 1.91 bits per heavy atom. The van der Waals surface area contributed by atoms with Gasteiger partial charge in [-0.25, -0.2) is 9.97 Å². The third-order valence-electron chi connectivity index (χ3n) is 3.02. The van der Waals surface area contributed by atoms with Crippen LogP contribution >= 0.6 is 0 Å². The average molecular weight is 296 g/mol. The van der Waals surface area contributed by atoms with E-state index in [0.717, 1.165) is 18.8 Å². The standard InChI is InChI=1S/C17H20N4O/c1-13(2)12-22-15-5-3-14(4-6-15)7-8-20-17-16(11-18)19-9-10-21-17/h3-6,9-10,13H,7-8,12H2,1-2H3,(H,20,21). The van der Waals surface area contributed by atoms with Crippen LogP contribution in [0.1, 0.15) is 25.1 Å². The molecule has 2 aromatic rings. The molecule has 0 bridgehead atoms. The molecule has 0 spiro atoms. The second-order valence-electron chi connectivity index (χ2n) is 5.39. The van der Waals surface area contributed by atoms with E-state index >= 15 is 0 Å². The monoisotopic (exact) mass is 296 g/mol. The number of hydrogen-bond acceptors (Lipinski definition) is 5. The lowest BCUT2D eigenvalue weighted by atomic mass is 10.1. The van der Waals surface area contributed by atoms with Gasteiger partial charge in [-0.3, -0.25) is 0 Å². The van der Waals surface area contributed by atoms with Crippen molar-refractivity contribution < 1.29 is 4.74 Å². The number of ether oxygens (including phenoxy) is 1. The van der Waals surface area contributed by atoms with E-state index in [2.05, 4.69) is 41.3 Å². The van der Waals surface area contributed by atoms with Crippen LogP contribution in [0.4, 0.5) is 5.82 Å². The summed E-state index contributed by atoms with van der Waals surface area (Å²) in [5.41, 5.74) is 1.52. The molecule has 0 saturated heterocycles. The fraction of sp³-hybridized carbons (Fsp3) is 0.353. The van der Waals surface area contributed by atoms with Crippen LogP contribution in [0.15, 0.2) is 36.7 Å². The summed E-state index contributed by atoms with van der Waals surface area (Å²) in [7, 11) is 0. The molecule has 5 heteroatoms. The third-order valence-corrected chi connectivity index (χ3v) is 3.02. The molecular weight excluding hydrogens is 276 g/mol. The summed E-state index contributed by atoms with van der Waals surface area (Å²) in [4.78, 5) is 8.09. The van der Waals surface area contributed by atoms with Crippen molar-refractivity contribution in [3.63, 3.8) is 0 Å². The Bertz CT molecular complexity index is 632. The van der Waals surface area contributed by atoms with Gasteiger partial charge in [-0.1, -0.05) is 26.0 Å². The first kappa shape index (κ1) is 15.8. The van der Waals surface area contributed by atoms with Crippen molar-refractivity contribution in [2.75, 3.05) is 18.5 Å². The lowest BCUT2D eigenvalue weighted by molar-refractivity contribution is 0.271. The largest absolute Gasteiger partial charge is 0.493 e. The van der Waals surface area contributed by atoms with Crippen LogP contribution in [0, 0.1) is 17.2 Å². The van der Waals surface area contributed by atoms with Gasteiger partial charge in [-0.05, 0) is 30.0 Å². The quantitative estimate of drug-likeness (QED) is 0.850. The molecule has 0 aliphatic carbocycles. The molecule has 0 radical (unpaired) electrons. The summed E-state index contributed by atoms with van der Waals surface area (Å²) in [5.74, 6) is 1.94. The lowest BCUT2D eigenvalue weighted by Crippen LogP contribution is -2.08. The SMILES string of the molecule is CC(C)COc1ccc(CCNc2nccnc2C#N)cc1. The summed E-state index contributed by atoms with van der Waals surface area (Å²) in [5, 5.41) is 12.1. The number of benzene rings is 1. The number of rotatable bonds is 7. The highest BCUT2D eigenvalue weighted by molar-refractivity contribution is 5.46.